The van der Waals surface area contributed by atoms with Gasteiger partial charge in [0.15, 0.2) is 6.29 Å². The summed E-state index contributed by atoms with van der Waals surface area (Å²) in [6.07, 6.45) is 0.0425. The summed E-state index contributed by atoms with van der Waals surface area (Å²) >= 11 is 0. The number of rotatable bonds is 2. The maximum absolute atomic E-state index is 12.5. The van der Waals surface area contributed by atoms with E-state index in [1.807, 2.05) is 0 Å². The van der Waals surface area contributed by atoms with E-state index in [1.54, 1.807) is 24.3 Å². The van der Waals surface area contributed by atoms with Crippen LogP contribution in [0.3, 0.4) is 0 Å². The van der Waals surface area contributed by atoms with Gasteiger partial charge >= 0.3 is 0 Å². The molecule has 1 fully saturated rings. The molecule has 2 aromatic rings. The Kier molecular flexibility index (Phi) is 3.33. The average Bonchev–Trinajstić information content (AvgIpc) is 2.48. The van der Waals surface area contributed by atoms with Crippen molar-refractivity contribution in [3.8, 4) is 0 Å². The van der Waals surface area contributed by atoms with Crippen molar-refractivity contribution in [1.82, 2.24) is 0 Å². The minimum atomic E-state index is -0.753. The molecule has 1 aliphatic rings. The summed E-state index contributed by atoms with van der Waals surface area (Å²) in [6.45, 7) is 0.697. The van der Waals surface area contributed by atoms with Crippen molar-refractivity contribution < 1.29 is 19.0 Å². The predicted molar refractivity (Wildman–Crippen MR) is 67.7 cm³/mol. The van der Waals surface area contributed by atoms with Gasteiger partial charge in [-0.05, 0) is 18.6 Å². The van der Waals surface area contributed by atoms with E-state index in [4.69, 9.17) is 13.9 Å². The number of benzene rings is 1. The first kappa shape index (κ1) is 12.3. The Hall–Kier alpha value is -1.69. The van der Waals surface area contributed by atoms with Crippen LogP contribution in [0.15, 0.2) is 33.5 Å². The Labute approximate surface area is 109 Å². The van der Waals surface area contributed by atoms with Crippen molar-refractivity contribution in [3.05, 3.63) is 45.8 Å². The van der Waals surface area contributed by atoms with Gasteiger partial charge in [-0.3, -0.25) is 4.79 Å². The van der Waals surface area contributed by atoms with E-state index in [0.29, 0.717) is 24.2 Å². The Bertz CT molecular complexity index is 640. The number of aliphatic hydroxyl groups is 1. The Morgan fingerprint density at radius 2 is 1.95 bits per heavy atom. The number of hydrogen-bond acceptors (Lipinski definition) is 5. The molecule has 0 radical (unpaired) electrons. The fraction of sp³-hybridized carbons (Fsp3) is 0.357. The van der Waals surface area contributed by atoms with Crippen molar-refractivity contribution in [2.75, 3.05) is 13.2 Å². The van der Waals surface area contributed by atoms with E-state index >= 15 is 0 Å². The lowest BCUT2D eigenvalue weighted by Gasteiger charge is -2.24. The first-order valence-corrected chi connectivity index (χ1v) is 6.20. The van der Waals surface area contributed by atoms with Gasteiger partial charge in [0.05, 0.1) is 24.2 Å². The van der Waals surface area contributed by atoms with E-state index in [-0.39, 0.29) is 23.4 Å². The fourth-order valence-electron chi connectivity index (χ4n) is 2.21. The van der Waals surface area contributed by atoms with Crippen molar-refractivity contribution in [1.29, 1.82) is 0 Å². The first-order chi connectivity index (χ1) is 9.31. The second-order valence-electron chi connectivity index (χ2n) is 4.35. The minimum absolute atomic E-state index is 0.204. The maximum atomic E-state index is 12.5. The van der Waals surface area contributed by atoms with Gasteiger partial charge in [0.2, 0.25) is 5.43 Å². The molecule has 1 aromatic carbocycles. The number of fused-ring (bicyclic) bond motifs is 1. The zero-order valence-electron chi connectivity index (χ0n) is 10.3. The fourth-order valence-corrected chi connectivity index (χ4v) is 2.21. The van der Waals surface area contributed by atoms with Crippen LogP contribution in [0.2, 0.25) is 0 Å². The lowest BCUT2D eigenvalue weighted by atomic mass is 10.1. The molecule has 0 spiro atoms. The standard InChI is InChI=1S/C14H14O5/c15-8-11-12(14-17-6-3-7-18-14)13(16)9-4-1-2-5-10(9)19-11/h1-2,4-5,14-15H,3,6-8H2. The molecule has 3 rings (SSSR count). The van der Waals surface area contributed by atoms with Gasteiger partial charge in [0.25, 0.3) is 0 Å². The molecular weight excluding hydrogens is 248 g/mol. The van der Waals surface area contributed by atoms with Gasteiger partial charge in [0.1, 0.15) is 18.0 Å². The van der Waals surface area contributed by atoms with E-state index in [0.717, 1.165) is 6.42 Å². The number of ether oxygens (including phenoxy) is 2. The summed E-state index contributed by atoms with van der Waals surface area (Å²) in [5.74, 6) is 0.204. The highest BCUT2D eigenvalue weighted by molar-refractivity contribution is 5.77. The van der Waals surface area contributed by atoms with Crippen molar-refractivity contribution in [2.24, 2.45) is 0 Å². The van der Waals surface area contributed by atoms with E-state index in [9.17, 15) is 9.90 Å². The molecule has 19 heavy (non-hydrogen) atoms. The number of hydrogen-bond donors (Lipinski definition) is 1. The highest BCUT2D eigenvalue weighted by Crippen LogP contribution is 2.26. The maximum Gasteiger partial charge on any atom is 0.201 e. The SMILES string of the molecule is O=c1c(C2OCCCO2)c(CO)oc2ccccc12. The molecule has 100 valence electrons. The Morgan fingerprint density at radius 3 is 2.68 bits per heavy atom. The highest BCUT2D eigenvalue weighted by atomic mass is 16.7. The van der Waals surface area contributed by atoms with E-state index < -0.39 is 6.29 Å². The summed E-state index contributed by atoms with van der Waals surface area (Å²) in [7, 11) is 0. The monoisotopic (exact) mass is 262 g/mol. The lowest BCUT2D eigenvalue weighted by molar-refractivity contribution is -0.184. The summed E-state index contributed by atoms with van der Waals surface area (Å²) in [5, 5.41) is 9.85. The number of para-hydroxylation sites is 1. The summed E-state index contributed by atoms with van der Waals surface area (Å²) in [5.41, 5.74) is 0.509. The third-order valence-electron chi connectivity index (χ3n) is 3.12. The molecular formula is C14H14O5. The van der Waals surface area contributed by atoms with Crippen molar-refractivity contribution in [2.45, 2.75) is 19.3 Å². The predicted octanol–water partition coefficient (Wildman–Crippen LogP) is 1.72. The summed E-state index contributed by atoms with van der Waals surface area (Å²) in [6, 6.07) is 6.93. The Morgan fingerprint density at radius 1 is 1.21 bits per heavy atom. The van der Waals surface area contributed by atoms with Gasteiger partial charge in [-0.1, -0.05) is 12.1 Å². The molecule has 1 aromatic heterocycles. The van der Waals surface area contributed by atoms with Crippen LogP contribution < -0.4 is 5.43 Å². The molecule has 1 N–H and O–H groups in total. The number of aliphatic hydroxyl groups excluding tert-OH is 1. The van der Waals surface area contributed by atoms with Gasteiger partial charge in [-0.25, -0.2) is 0 Å². The molecule has 1 saturated heterocycles. The Balaban J connectivity index is 2.21. The summed E-state index contributed by atoms with van der Waals surface area (Å²) in [4.78, 5) is 12.5. The van der Waals surface area contributed by atoms with Crippen LogP contribution in [0.5, 0.6) is 0 Å². The molecule has 0 amide bonds. The summed E-state index contributed by atoms with van der Waals surface area (Å²) < 4.78 is 16.5. The topological polar surface area (TPSA) is 68.9 Å². The van der Waals surface area contributed by atoms with Gasteiger partial charge in [0, 0.05) is 0 Å². The lowest BCUT2D eigenvalue weighted by Crippen LogP contribution is -2.25. The molecule has 5 nitrogen and oxygen atoms in total. The molecule has 5 heteroatoms. The first-order valence-electron chi connectivity index (χ1n) is 6.20. The van der Waals surface area contributed by atoms with Crippen molar-refractivity contribution >= 4 is 11.0 Å². The average molecular weight is 262 g/mol. The minimum Gasteiger partial charge on any atom is -0.458 e. The molecule has 2 heterocycles. The van der Waals surface area contributed by atoms with Crippen molar-refractivity contribution in [3.63, 3.8) is 0 Å². The zero-order chi connectivity index (χ0) is 13.2. The second kappa shape index (κ2) is 5.13. The van der Waals surface area contributed by atoms with Crippen LogP contribution >= 0.6 is 0 Å². The molecule has 0 aliphatic carbocycles. The van der Waals surface area contributed by atoms with E-state index in [2.05, 4.69) is 0 Å². The van der Waals surface area contributed by atoms with Crippen LogP contribution in [0.25, 0.3) is 11.0 Å². The largest absolute Gasteiger partial charge is 0.458 e. The van der Waals surface area contributed by atoms with Crippen LogP contribution in [0.1, 0.15) is 24.0 Å². The normalized spacial score (nSPS) is 16.9. The molecule has 0 unspecified atom stereocenters. The van der Waals surface area contributed by atoms with Gasteiger partial charge < -0.3 is 19.0 Å². The third-order valence-corrected chi connectivity index (χ3v) is 3.12. The van der Waals surface area contributed by atoms with Gasteiger partial charge in [-0.2, -0.15) is 0 Å². The molecule has 0 bridgehead atoms. The molecule has 1 aliphatic heterocycles. The van der Waals surface area contributed by atoms with Crippen LogP contribution in [0, 0.1) is 0 Å². The third kappa shape index (κ3) is 2.16. The van der Waals surface area contributed by atoms with Crippen LogP contribution in [-0.4, -0.2) is 18.3 Å². The molecule has 0 atom stereocenters. The quantitative estimate of drug-likeness (QED) is 0.892. The van der Waals surface area contributed by atoms with Crippen LogP contribution in [-0.2, 0) is 16.1 Å². The molecule has 0 saturated carbocycles. The smallest absolute Gasteiger partial charge is 0.201 e. The second-order valence-corrected chi connectivity index (χ2v) is 4.35. The van der Waals surface area contributed by atoms with Crippen LogP contribution in [0.4, 0.5) is 0 Å². The highest BCUT2D eigenvalue weighted by Gasteiger charge is 2.25. The zero-order valence-corrected chi connectivity index (χ0v) is 10.3. The van der Waals surface area contributed by atoms with Gasteiger partial charge in [-0.15, -0.1) is 0 Å². The van der Waals surface area contributed by atoms with E-state index in [1.165, 1.54) is 0 Å².